The van der Waals surface area contributed by atoms with Crippen LogP contribution >= 0.6 is 54.5 Å². The van der Waals surface area contributed by atoms with E-state index in [0.29, 0.717) is 0 Å². The normalized spacial score (nSPS) is 9.94. The zero-order chi connectivity index (χ0) is 46.9. The smallest absolute Gasteiger partial charge is 0.397 e. The van der Waals surface area contributed by atoms with Crippen LogP contribution in [0.5, 0.6) is 0 Å². The Hall–Kier alpha value is -5.91. The molecule has 332 valence electrons. The van der Waals surface area contributed by atoms with Crippen LogP contribution in [0.3, 0.4) is 0 Å². The number of nitrogens with one attached hydrogen (secondary N) is 2. The van der Waals surface area contributed by atoms with Gasteiger partial charge in [-0.2, -0.15) is 0 Å². The van der Waals surface area contributed by atoms with Gasteiger partial charge in [0.05, 0.1) is 76.7 Å². The number of imidazole rings is 2. The molecule has 10 aromatic rings. The summed E-state index contributed by atoms with van der Waals surface area (Å²) in [6.45, 7) is 3.86. The number of H-pyrrole nitrogens is 2. The molecule has 0 unspecified atom stereocenters. The largest absolute Gasteiger partial charge is 3.00 e. The average Bonchev–Trinajstić information content (AvgIpc) is 4.08. The van der Waals surface area contributed by atoms with Crippen LogP contribution in [0, 0.1) is 81.6 Å². The second-order valence-electron chi connectivity index (χ2n) is 11.7. The Morgan fingerprint density at radius 2 is 0.769 bits per heavy atom. The van der Waals surface area contributed by atoms with Gasteiger partial charge in [-0.25, -0.2) is 9.97 Å². The van der Waals surface area contributed by atoms with Crippen molar-refractivity contribution in [2.75, 3.05) is 13.2 Å². The number of halogens is 2. The molecule has 0 atom stereocenters. The molecule has 0 bridgehead atoms. The topological polar surface area (TPSA) is 348 Å². The van der Waals surface area contributed by atoms with Crippen LogP contribution < -0.4 is 0 Å². The Kier molecular flexibility index (Phi) is 21.5. The van der Waals surface area contributed by atoms with Crippen molar-refractivity contribution in [3.05, 3.63) is 151 Å². The van der Waals surface area contributed by atoms with E-state index in [2.05, 4.69) is 86.0 Å². The fraction of sp³-hybridized carbons (Fsp3) is 0.105. The zero-order valence-corrected chi connectivity index (χ0v) is 41.8. The van der Waals surface area contributed by atoms with Gasteiger partial charge in [0.2, 0.25) is 0 Å². The van der Waals surface area contributed by atoms with Gasteiger partial charge < -0.3 is 66.1 Å². The minimum absolute atomic E-state index is 0. The number of hydrogen-bond donors (Lipinski definition) is 4. The maximum atomic E-state index is 8.25. The van der Waals surface area contributed by atoms with E-state index in [-0.39, 0.29) is 48.8 Å². The monoisotopic (exact) mass is 1180 g/mol. The Labute approximate surface area is 417 Å². The summed E-state index contributed by atoms with van der Waals surface area (Å²) in [5.41, 5.74) is 7.47. The van der Waals surface area contributed by atoms with Gasteiger partial charge in [-0.05, 0) is 119 Å². The number of nitrogens with zero attached hydrogens (tertiary/aromatic N) is 9. The third-order valence-corrected chi connectivity index (χ3v) is 11.0. The molecule has 4 N–H and O–H groups in total. The summed E-state index contributed by atoms with van der Waals surface area (Å²) in [7, 11) is 0. The first-order valence-corrected chi connectivity index (χ1v) is 21.1. The summed E-state index contributed by atoms with van der Waals surface area (Å²) in [5.74, 6) is 1.74. The predicted molar refractivity (Wildman–Crippen MR) is 252 cm³/mol. The van der Waals surface area contributed by atoms with Crippen molar-refractivity contribution in [2.24, 2.45) is 0 Å². The van der Waals surface area contributed by atoms with Crippen LogP contribution in [0.1, 0.15) is 13.8 Å². The molecule has 0 radical (unpaired) electrons. The van der Waals surface area contributed by atoms with Crippen LogP contribution in [-0.4, -0.2) is 78.6 Å². The summed E-state index contributed by atoms with van der Waals surface area (Å²) in [6.07, 6.45) is 7.20. The van der Waals surface area contributed by atoms with Gasteiger partial charge in [-0.1, -0.05) is 0 Å². The van der Waals surface area contributed by atoms with Crippen LogP contribution in [0.4, 0.5) is 0 Å². The Morgan fingerprint density at radius 1 is 0.508 bits per heavy atom. The van der Waals surface area contributed by atoms with E-state index in [4.69, 9.17) is 66.1 Å². The van der Waals surface area contributed by atoms with Gasteiger partial charge in [0.15, 0.2) is 0 Å². The molecular formula is C38H30Br2LaN11O11S2. The standard InChI is InChI=1S/2C17H9BrN4S.2C2H6O.La.3NO3/c2*18-12-6-5-11(23-12)17-21-15-9-3-1-7-19-13(9)14-10(16(15)22-17)4-2-8-20-14;2*1-2-3;;3*2-1(3)4/h2*1-8H,(H,21,22);2*3H,2H2,1H3;;;;/q;;;;+3;3*-1. The minimum Gasteiger partial charge on any atom is -0.397 e. The van der Waals surface area contributed by atoms with E-state index < -0.39 is 15.3 Å². The summed E-state index contributed by atoms with van der Waals surface area (Å²) < 4.78 is 2.18. The van der Waals surface area contributed by atoms with E-state index in [1.165, 1.54) is 0 Å². The second kappa shape index (κ2) is 26.2. The molecule has 0 amide bonds. The molecule has 8 aromatic heterocycles. The number of aromatic amines is 2. The Bertz CT molecular complexity index is 2790. The molecule has 0 saturated carbocycles. The molecule has 2 aromatic carbocycles. The molecule has 0 fully saturated rings. The van der Waals surface area contributed by atoms with Crippen molar-refractivity contribution in [2.45, 2.75) is 13.8 Å². The Morgan fingerprint density at radius 3 is 1.03 bits per heavy atom. The van der Waals surface area contributed by atoms with Gasteiger partial charge in [0.25, 0.3) is 0 Å². The number of aromatic nitrogens is 8. The summed E-state index contributed by atoms with van der Waals surface area (Å²) >= 11 is 10.3. The third-order valence-electron chi connectivity index (χ3n) is 7.75. The molecule has 0 aliphatic carbocycles. The van der Waals surface area contributed by atoms with Gasteiger partial charge in [-0.3, -0.25) is 19.9 Å². The number of thiophene rings is 2. The van der Waals surface area contributed by atoms with Gasteiger partial charge in [-0.15, -0.1) is 22.7 Å². The van der Waals surface area contributed by atoms with Gasteiger partial charge >= 0.3 is 35.6 Å². The third kappa shape index (κ3) is 14.5. The average molecular weight is 1180 g/mol. The van der Waals surface area contributed by atoms with E-state index in [0.717, 1.165) is 94.7 Å². The second-order valence-corrected chi connectivity index (χ2v) is 16.7. The molecule has 0 spiro atoms. The van der Waals surface area contributed by atoms with E-state index in [9.17, 15) is 0 Å². The number of aliphatic hydroxyl groups is 2. The van der Waals surface area contributed by atoms with Crippen LogP contribution in [0.15, 0.2) is 105 Å². The van der Waals surface area contributed by atoms with Gasteiger partial charge in [0, 0.05) is 59.5 Å². The molecule has 0 aliphatic rings. The SMILES string of the molecule is Brc1ccc(-c2nc3c4cccnc4c4ncccc4c3[nH]2)s1.Brc1ccc(-c2nc3c4cccnc4c4ncccc4c3[nH]2)s1.CCO.CCO.O=[N+]([O-])[O-].O=[N+]([O-])[O-].O=[N+]([O-])[O-].[La+3]. The fourth-order valence-corrected chi connectivity index (χ4v) is 8.47. The van der Waals surface area contributed by atoms with Crippen molar-refractivity contribution in [1.29, 1.82) is 0 Å². The number of aliphatic hydroxyl groups excluding tert-OH is 2. The number of rotatable bonds is 2. The molecule has 10 rings (SSSR count). The molecule has 65 heavy (non-hydrogen) atoms. The number of pyridine rings is 4. The van der Waals surface area contributed by atoms with E-state index in [1.807, 2.05) is 48.5 Å². The maximum absolute atomic E-state index is 8.25. The fourth-order valence-electron chi connectivity index (χ4n) is 5.80. The molecule has 0 saturated heterocycles. The van der Waals surface area contributed by atoms with Crippen LogP contribution in [0.25, 0.3) is 87.1 Å². The number of fused-ring (bicyclic) bond motifs is 12. The number of hydrogen-bond acceptors (Lipinski definition) is 19. The molecule has 22 nitrogen and oxygen atoms in total. The quantitative estimate of drug-likeness (QED) is 0.0710. The maximum Gasteiger partial charge on any atom is 3.00 e. The number of benzene rings is 2. The van der Waals surface area contributed by atoms with Gasteiger partial charge in [0.1, 0.15) is 11.6 Å². The first-order valence-electron chi connectivity index (χ1n) is 17.8. The zero-order valence-electron chi connectivity index (χ0n) is 33.4. The molecule has 0 aliphatic heterocycles. The summed E-state index contributed by atoms with van der Waals surface area (Å²) in [4.78, 5) is 61.7. The molecular weight excluding hydrogens is 1150 g/mol. The Balaban J connectivity index is 0.000000251. The molecule has 8 heterocycles. The van der Waals surface area contributed by atoms with E-state index >= 15 is 0 Å². The minimum atomic E-state index is -1.75. The van der Waals surface area contributed by atoms with Crippen molar-refractivity contribution in [3.8, 4) is 21.4 Å². The van der Waals surface area contributed by atoms with E-state index in [1.54, 1.807) is 61.3 Å². The summed E-state index contributed by atoms with van der Waals surface area (Å²) in [5, 5.41) is 63.5. The summed E-state index contributed by atoms with van der Waals surface area (Å²) in [6, 6.07) is 24.2. The molecule has 27 heteroatoms. The van der Waals surface area contributed by atoms with Crippen molar-refractivity contribution in [3.63, 3.8) is 0 Å². The van der Waals surface area contributed by atoms with Crippen LogP contribution in [-0.2, 0) is 0 Å². The first kappa shape index (κ1) is 53.4. The van der Waals surface area contributed by atoms with Crippen molar-refractivity contribution in [1.82, 2.24) is 39.9 Å². The van der Waals surface area contributed by atoms with Crippen molar-refractivity contribution < 1.29 is 61.1 Å². The predicted octanol–water partition coefficient (Wildman–Crippen LogP) is 9.58. The first-order chi connectivity index (χ1) is 30.6. The van der Waals surface area contributed by atoms with Crippen LogP contribution in [0.2, 0.25) is 0 Å². The van der Waals surface area contributed by atoms with Crippen molar-refractivity contribution >= 4 is 120 Å².